The molecule has 7 heteroatoms. The molecule has 0 fully saturated rings. The molecule has 0 bridgehead atoms. The van der Waals surface area contributed by atoms with Crippen LogP contribution in [-0.4, -0.2) is 21.2 Å². The first-order valence-corrected chi connectivity index (χ1v) is 6.63. The Bertz CT molecular complexity index is 670. The lowest BCUT2D eigenvalue weighted by molar-refractivity contribution is -0.143. The van der Waals surface area contributed by atoms with Crippen LogP contribution in [-0.2, 0) is 6.18 Å². The molecule has 1 aromatic heterocycles. The van der Waals surface area contributed by atoms with Gasteiger partial charge in [0, 0.05) is 5.54 Å². The molecule has 118 valence electrons. The largest absolute Gasteiger partial charge is 0.434 e. The van der Waals surface area contributed by atoms with Crippen molar-refractivity contribution < 1.29 is 18.0 Å². The van der Waals surface area contributed by atoms with Crippen LogP contribution in [0.2, 0.25) is 0 Å². The van der Waals surface area contributed by atoms with Gasteiger partial charge in [0.25, 0.3) is 5.91 Å². The summed E-state index contributed by atoms with van der Waals surface area (Å²) in [6, 6.07) is 7.88. The summed E-state index contributed by atoms with van der Waals surface area (Å²) >= 11 is 0. The maximum absolute atomic E-state index is 13.4. The molecule has 1 heterocycles. The zero-order valence-electron chi connectivity index (χ0n) is 12.4. The second kappa shape index (κ2) is 5.47. The molecule has 0 saturated carbocycles. The zero-order chi connectivity index (χ0) is 16.5. The van der Waals surface area contributed by atoms with E-state index < -0.39 is 28.9 Å². The highest BCUT2D eigenvalue weighted by Gasteiger charge is 2.40. The standard InChI is InChI=1S/C15H16F3N3O/c1-14(2,3)20-13(22)11-9-19-21(12(11)15(16,17)18)10-7-5-4-6-8-10/h4-9H,1-3H3,(H,20,22). The van der Waals surface area contributed by atoms with Gasteiger partial charge in [-0.05, 0) is 32.9 Å². The molecule has 0 saturated heterocycles. The van der Waals surface area contributed by atoms with E-state index in [4.69, 9.17) is 0 Å². The van der Waals surface area contributed by atoms with Gasteiger partial charge in [-0.25, -0.2) is 4.68 Å². The molecular formula is C15H16F3N3O. The Kier molecular flexibility index (Phi) is 4.00. The van der Waals surface area contributed by atoms with Crippen LogP contribution in [0.5, 0.6) is 0 Å². The average molecular weight is 311 g/mol. The Labute approximate surface area is 125 Å². The molecule has 0 unspecified atom stereocenters. The SMILES string of the molecule is CC(C)(C)NC(=O)c1cnn(-c2ccccc2)c1C(F)(F)F. The van der Waals surface area contributed by atoms with E-state index in [1.807, 2.05) is 0 Å². The van der Waals surface area contributed by atoms with E-state index >= 15 is 0 Å². The summed E-state index contributed by atoms with van der Waals surface area (Å²) in [6.45, 7) is 5.08. The normalized spacial score (nSPS) is 12.3. The van der Waals surface area contributed by atoms with Crippen LogP contribution in [0.1, 0.15) is 36.8 Å². The Morgan fingerprint density at radius 3 is 2.23 bits per heavy atom. The van der Waals surface area contributed by atoms with Gasteiger partial charge in [0.15, 0.2) is 5.69 Å². The van der Waals surface area contributed by atoms with Gasteiger partial charge in [-0.3, -0.25) is 4.79 Å². The molecule has 1 aromatic carbocycles. The number of alkyl halides is 3. The van der Waals surface area contributed by atoms with Crippen LogP contribution in [0.25, 0.3) is 5.69 Å². The van der Waals surface area contributed by atoms with E-state index in [2.05, 4.69) is 10.4 Å². The lowest BCUT2D eigenvalue weighted by Crippen LogP contribution is -2.41. The topological polar surface area (TPSA) is 46.9 Å². The Hall–Kier alpha value is -2.31. The number of nitrogens with zero attached hydrogens (tertiary/aromatic N) is 2. The number of nitrogens with one attached hydrogen (secondary N) is 1. The summed E-state index contributed by atoms with van der Waals surface area (Å²) in [5.41, 5.74) is -1.98. The summed E-state index contributed by atoms with van der Waals surface area (Å²) in [7, 11) is 0. The predicted octanol–water partition coefficient (Wildman–Crippen LogP) is 3.42. The highest BCUT2D eigenvalue weighted by Crippen LogP contribution is 2.33. The van der Waals surface area contributed by atoms with Gasteiger partial charge in [-0.2, -0.15) is 18.3 Å². The van der Waals surface area contributed by atoms with Crippen LogP contribution in [0.3, 0.4) is 0 Å². The number of hydrogen-bond acceptors (Lipinski definition) is 2. The maximum atomic E-state index is 13.4. The Morgan fingerprint density at radius 2 is 1.73 bits per heavy atom. The van der Waals surface area contributed by atoms with E-state index in [1.54, 1.807) is 39.0 Å². The van der Waals surface area contributed by atoms with Crippen molar-refractivity contribution in [3.05, 3.63) is 47.8 Å². The number of para-hydroxylation sites is 1. The maximum Gasteiger partial charge on any atom is 0.434 e. The van der Waals surface area contributed by atoms with Crippen LogP contribution in [0.15, 0.2) is 36.5 Å². The third-order valence-corrected chi connectivity index (χ3v) is 2.77. The van der Waals surface area contributed by atoms with Gasteiger partial charge < -0.3 is 5.32 Å². The molecule has 0 atom stereocenters. The van der Waals surface area contributed by atoms with E-state index in [0.29, 0.717) is 0 Å². The van der Waals surface area contributed by atoms with Crippen LogP contribution < -0.4 is 5.32 Å². The van der Waals surface area contributed by atoms with Crippen LogP contribution in [0.4, 0.5) is 13.2 Å². The van der Waals surface area contributed by atoms with Crippen molar-refractivity contribution in [2.24, 2.45) is 0 Å². The van der Waals surface area contributed by atoms with Crippen LogP contribution >= 0.6 is 0 Å². The minimum atomic E-state index is -4.70. The van der Waals surface area contributed by atoms with Gasteiger partial charge >= 0.3 is 6.18 Å². The number of aromatic nitrogens is 2. The van der Waals surface area contributed by atoms with E-state index in [1.165, 1.54) is 12.1 Å². The number of amides is 1. The zero-order valence-corrected chi connectivity index (χ0v) is 12.4. The van der Waals surface area contributed by atoms with Crippen molar-refractivity contribution in [3.8, 4) is 5.69 Å². The number of halogens is 3. The fraction of sp³-hybridized carbons (Fsp3) is 0.333. The van der Waals surface area contributed by atoms with Gasteiger partial charge in [-0.1, -0.05) is 18.2 Å². The third-order valence-electron chi connectivity index (χ3n) is 2.77. The fourth-order valence-corrected chi connectivity index (χ4v) is 1.96. The summed E-state index contributed by atoms with van der Waals surface area (Å²) in [5.74, 6) is -0.804. The minimum absolute atomic E-state index is 0.240. The lowest BCUT2D eigenvalue weighted by atomic mass is 10.1. The molecule has 0 aliphatic carbocycles. The highest BCUT2D eigenvalue weighted by molar-refractivity contribution is 5.95. The van der Waals surface area contributed by atoms with Crippen molar-refractivity contribution in [1.82, 2.24) is 15.1 Å². The molecule has 0 radical (unpaired) electrons. The molecule has 4 nitrogen and oxygen atoms in total. The lowest BCUT2D eigenvalue weighted by Gasteiger charge is -2.21. The van der Waals surface area contributed by atoms with E-state index in [9.17, 15) is 18.0 Å². The van der Waals surface area contributed by atoms with Crippen LogP contribution in [0, 0.1) is 0 Å². The molecular weight excluding hydrogens is 295 g/mol. The third kappa shape index (κ3) is 3.47. The van der Waals surface area contributed by atoms with Crippen molar-refractivity contribution in [2.75, 3.05) is 0 Å². The minimum Gasteiger partial charge on any atom is -0.347 e. The van der Waals surface area contributed by atoms with E-state index in [0.717, 1.165) is 10.9 Å². The molecule has 2 aromatic rings. The van der Waals surface area contributed by atoms with Crippen molar-refractivity contribution in [1.29, 1.82) is 0 Å². The number of rotatable bonds is 2. The summed E-state index contributed by atoms with van der Waals surface area (Å²) in [6.07, 6.45) is -3.76. The summed E-state index contributed by atoms with van der Waals surface area (Å²) < 4.78 is 40.9. The summed E-state index contributed by atoms with van der Waals surface area (Å²) in [4.78, 5) is 12.1. The van der Waals surface area contributed by atoms with Gasteiger partial charge in [0.05, 0.1) is 17.4 Å². The quantitative estimate of drug-likeness (QED) is 0.924. The molecule has 22 heavy (non-hydrogen) atoms. The van der Waals surface area contributed by atoms with Gasteiger partial charge in [0.1, 0.15) is 0 Å². The smallest absolute Gasteiger partial charge is 0.347 e. The molecule has 0 aliphatic heterocycles. The van der Waals surface area contributed by atoms with Gasteiger partial charge in [-0.15, -0.1) is 0 Å². The number of benzene rings is 1. The Morgan fingerprint density at radius 1 is 1.14 bits per heavy atom. The molecule has 0 spiro atoms. The highest BCUT2D eigenvalue weighted by atomic mass is 19.4. The number of carbonyl (C=O) groups is 1. The van der Waals surface area contributed by atoms with Crippen molar-refractivity contribution >= 4 is 5.91 Å². The first-order chi connectivity index (χ1) is 10.1. The first-order valence-electron chi connectivity index (χ1n) is 6.63. The molecule has 1 amide bonds. The number of carbonyl (C=O) groups excluding carboxylic acids is 1. The van der Waals surface area contributed by atoms with Crippen molar-refractivity contribution in [2.45, 2.75) is 32.5 Å². The first kappa shape index (κ1) is 16.1. The molecule has 0 aliphatic rings. The van der Waals surface area contributed by atoms with Gasteiger partial charge in [0.2, 0.25) is 0 Å². The predicted molar refractivity (Wildman–Crippen MR) is 75.8 cm³/mol. The number of hydrogen-bond donors (Lipinski definition) is 1. The van der Waals surface area contributed by atoms with E-state index in [-0.39, 0.29) is 5.69 Å². The van der Waals surface area contributed by atoms with Crippen molar-refractivity contribution in [3.63, 3.8) is 0 Å². The fourth-order valence-electron chi connectivity index (χ4n) is 1.96. The molecule has 1 N–H and O–H groups in total. The summed E-state index contributed by atoms with van der Waals surface area (Å²) in [5, 5.41) is 6.26. The monoisotopic (exact) mass is 311 g/mol. The second-order valence-corrected chi connectivity index (χ2v) is 5.86. The average Bonchev–Trinajstić information content (AvgIpc) is 2.82. The Balaban J connectivity index is 2.54. The second-order valence-electron chi connectivity index (χ2n) is 5.86. The molecule has 2 rings (SSSR count).